The molecule has 0 bridgehead atoms. The van der Waals surface area contributed by atoms with Crippen molar-refractivity contribution in [3.63, 3.8) is 0 Å². The Hall–Kier alpha value is -0.650. The Bertz CT molecular complexity index is 258. The van der Waals surface area contributed by atoms with Crippen LogP contribution in [-0.2, 0) is 9.53 Å². The number of aliphatic carboxylic acids is 1. The summed E-state index contributed by atoms with van der Waals surface area (Å²) in [5.74, 6) is -0.724. The number of carboxylic acid groups (broad SMARTS) is 1. The largest absolute Gasteiger partial charge is 0.480 e. The summed E-state index contributed by atoms with van der Waals surface area (Å²) in [6.07, 6.45) is 2.75. The normalized spacial score (nSPS) is 29.4. The van der Waals surface area contributed by atoms with Crippen molar-refractivity contribution < 1.29 is 14.6 Å². The van der Waals surface area contributed by atoms with Gasteiger partial charge in [0.2, 0.25) is 0 Å². The van der Waals surface area contributed by atoms with Crippen molar-refractivity contribution in [3.05, 3.63) is 0 Å². The molecule has 0 spiro atoms. The van der Waals surface area contributed by atoms with Gasteiger partial charge in [0.25, 0.3) is 0 Å². The Kier molecular flexibility index (Phi) is 4.36. The van der Waals surface area contributed by atoms with Crippen LogP contribution >= 0.6 is 0 Å². The first-order valence-electron chi connectivity index (χ1n) is 6.47. The van der Waals surface area contributed by atoms with Gasteiger partial charge in [-0.2, -0.15) is 0 Å². The SMILES string of the molecule is CC(C(=O)O)N1CCN(CC2CCCO2)CC1. The summed E-state index contributed by atoms with van der Waals surface area (Å²) in [5.41, 5.74) is 0. The quantitative estimate of drug-likeness (QED) is 0.766. The van der Waals surface area contributed by atoms with E-state index in [-0.39, 0.29) is 6.04 Å². The van der Waals surface area contributed by atoms with Crippen LogP contribution in [0.1, 0.15) is 19.8 Å². The van der Waals surface area contributed by atoms with Gasteiger partial charge in [0.05, 0.1) is 6.10 Å². The van der Waals surface area contributed by atoms with E-state index in [0.717, 1.165) is 39.3 Å². The number of ether oxygens (including phenoxy) is 1. The molecule has 5 heteroatoms. The van der Waals surface area contributed by atoms with Crippen LogP contribution < -0.4 is 0 Å². The average molecular weight is 242 g/mol. The molecule has 0 aromatic carbocycles. The Morgan fingerprint density at radius 1 is 1.41 bits per heavy atom. The smallest absolute Gasteiger partial charge is 0.320 e. The lowest BCUT2D eigenvalue weighted by molar-refractivity contribution is -0.143. The molecule has 2 rings (SSSR count). The van der Waals surface area contributed by atoms with Crippen molar-refractivity contribution in [2.75, 3.05) is 39.3 Å². The maximum Gasteiger partial charge on any atom is 0.320 e. The van der Waals surface area contributed by atoms with Crippen molar-refractivity contribution in [2.24, 2.45) is 0 Å². The lowest BCUT2D eigenvalue weighted by atomic mass is 10.2. The van der Waals surface area contributed by atoms with Gasteiger partial charge in [-0.15, -0.1) is 0 Å². The molecule has 2 fully saturated rings. The van der Waals surface area contributed by atoms with E-state index in [1.807, 2.05) is 4.90 Å². The van der Waals surface area contributed by atoms with Gasteiger partial charge < -0.3 is 9.84 Å². The van der Waals surface area contributed by atoms with Gasteiger partial charge in [0.1, 0.15) is 6.04 Å². The molecule has 0 radical (unpaired) electrons. The van der Waals surface area contributed by atoms with Crippen LogP contribution in [0.5, 0.6) is 0 Å². The molecule has 0 amide bonds. The lowest BCUT2D eigenvalue weighted by Crippen LogP contribution is -2.52. The summed E-state index contributed by atoms with van der Waals surface area (Å²) in [4.78, 5) is 15.3. The van der Waals surface area contributed by atoms with Gasteiger partial charge in [0, 0.05) is 39.3 Å². The Balaban J connectivity index is 1.72. The second-order valence-electron chi connectivity index (χ2n) is 4.99. The van der Waals surface area contributed by atoms with Crippen molar-refractivity contribution in [1.29, 1.82) is 0 Å². The molecule has 2 aliphatic heterocycles. The first-order chi connectivity index (χ1) is 8.16. The molecule has 17 heavy (non-hydrogen) atoms. The van der Waals surface area contributed by atoms with E-state index in [1.54, 1.807) is 6.92 Å². The summed E-state index contributed by atoms with van der Waals surface area (Å²) in [6.45, 7) is 7.28. The highest BCUT2D eigenvalue weighted by Gasteiger charge is 2.27. The summed E-state index contributed by atoms with van der Waals surface area (Å²) in [7, 11) is 0. The minimum absolute atomic E-state index is 0.361. The average Bonchev–Trinajstić information content (AvgIpc) is 2.82. The highest BCUT2D eigenvalue weighted by molar-refractivity contribution is 5.72. The third kappa shape index (κ3) is 3.40. The fourth-order valence-electron chi connectivity index (χ4n) is 2.57. The van der Waals surface area contributed by atoms with Crippen molar-refractivity contribution in [3.8, 4) is 0 Å². The standard InChI is InChI=1S/C12H22N2O3/c1-10(12(15)16)14-6-4-13(5-7-14)9-11-3-2-8-17-11/h10-11H,2-9H2,1H3,(H,15,16). The molecule has 0 aromatic rings. The first kappa shape index (κ1) is 12.8. The maximum absolute atomic E-state index is 10.9. The molecule has 2 aliphatic rings. The molecule has 0 saturated carbocycles. The fourth-order valence-corrected chi connectivity index (χ4v) is 2.57. The monoisotopic (exact) mass is 242 g/mol. The number of rotatable bonds is 4. The molecule has 0 aliphatic carbocycles. The Labute approximate surface area is 102 Å². The second kappa shape index (κ2) is 5.80. The van der Waals surface area contributed by atoms with Crippen LogP contribution in [0.25, 0.3) is 0 Å². The van der Waals surface area contributed by atoms with E-state index in [4.69, 9.17) is 9.84 Å². The third-order valence-electron chi connectivity index (χ3n) is 3.80. The van der Waals surface area contributed by atoms with Gasteiger partial charge in [-0.05, 0) is 19.8 Å². The molecule has 5 nitrogen and oxygen atoms in total. The fraction of sp³-hybridized carbons (Fsp3) is 0.917. The lowest BCUT2D eigenvalue weighted by Gasteiger charge is -2.37. The highest BCUT2D eigenvalue weighted by atomic mass is 16.5. The topological polar surface area (TPSA) is 53.0 Å². The molecule has 0 aromatic heterocycles. The summed E-state index contributed by atoms with van der Waals surface area (Å²) < 4.78 is 5.62. The van der Waals surface area contributed by atoms with Crippen LogP contribution in [0, 0.1) is 0 Å². The minimum Gasteiger partial charge on any atom is -0.480 e. The van der Waals surface area contributed by atoms with Crippen molar-refractivity contribution >= 4 is 5.97 Å². The summed E-state index contributed by atoms with van der Waals surface area (Å²) in [6, 6.07) is -0.361. The van der Waals surface area contributed by atoms with Gasteiger partial charge in [-0.3, -0.25) is 14.6 Å². The molecule has 2 heterocycles. The first-order valence-corrected chi connectivity index (χ1v) is 6.47. The molecular formula is C12H22N2O3. The maximum atomic E-state index is 10.9. The molecule has 2 unspecified atom stereocenters. The van der Waals surface area contributed by atoms with Crippen LogP contribution in [0.3, 0.4) is 0 Å². The summed E-state index contributed by atoms with van der Waals surface area (Å²) >= 11 is 0. The number of piperazine rings is 1. The van der Waals surface area contributed by atoms with Crippen molar-refractivity contribution in [2.45, 2.75) is 31.9 Å². The third-order valence-corrected chi connectivity index (χ3v) is 3.80. The summed E-state index contributed by atoms with van der Waals surface area (Å²) in [5, 5.41) is 8.95. The van der Waals surface area contributed by atoms with Gasteiger partial charge in [-0.25, -0.2) is 0 Å². The molecular weight excluding hydrogens is 220 g/mol. The zero-order chi connectivity index (χ0) is 12.3. The Morgan fingerprint density at radius 2 is 2.12 bits per heavy atom. The molecule has 98 valence electrons. The molecule has 2 atom stereocenters. The van der Waals surface area contributed by atoms with E-state index in [2.05, 4.69) is 4.90 Å². The van der Waals surface area contributed by atoms with Crippen LogP contribution in [-0.4, -0.2) is 72.4 Å². The van der Waals surface area contributed by atoms with Crippen LogP contribution in [0.4, 0.5) is 0 Å². The van der Waals surface area contributed by atoms with E-state index in [0.29, 0.717) is 6.10 Å². The van der Waals surface area contributed by atoms with Crippen LogP contribution in [0.2, 0.25) is 0 Å². The number of carbonyl (C=O) groups is 1. The molecule has 1 N–H and O–H groups in total. The predicted octanol–water partition coefficient (Wildman–Crippen LogP) is 0.256. The minimum atomic E-state index is -0.724. The predicted molar refractivity (Wildman–Crippen MR) is 64.1 cm³/mol. The highest BCUT2D eigenvalue weighted by Crippen LogP contribution is 2.15. The number of hydrogen-bond donors (Lipinski definition) is 1. The van der Waals surface area contributed by atoms with E-state index >= 15 is 0 Å². The molecule has 2 saturated heterocycles. The number of nitrogens with zero attached hydrogens (tertiary/aromatic N) is 2. The van der Waals surface area contributed by atoms with Gasteiger partial charge in [-0.1, -0.05) is 0 Å². The van der Waals surface area contributed by atoms with Gasteiger partial charge >= 0.3 is 5.97 Å². The number of hydrogen-bond acceptors (Lipinski definition) is 4. The van der Waals surface area contributed by atoms with E-state index in [9.17, 15) is 4.79 Å². The van der Waals surface area contributed by atoms with Gasteiger partial charge in [0.15, 0.2) is 0 Å². The van der Waals surface area contributed by atoms with Crippen LogP contribution in [0.15, 0.2) is 0 Å². The zero-order valence-electron chi connectivity index (χ0n) is 10.5. The number of carboxylic acids is 1. The van der Waals surface area contributed by atoms with Crippen molar-refractivity contribution in [1.82, 2.24) is 9.80 Å². The zero-order valence-corrected chi connectivity index (χ0v) is 10.5. The van der Waals surface area contributed by atoms with E-state index in [1.165, 1.54) is 12.8 Å². The second-order valence-corrected chi connectivity index (χ2v) is 4.99. The van der Waals surface area contributed by atoms with E-state index < -0.39 is 5.97 Å². The Morgan fingerprint density at radius 3 is 2.65 bits per heavy atom.